The van der Waals surface area contributed by atoms with E-state index in [0.29, 0.717) is 43.9 Å². The lowest BCUT2D eigenvalue weighted by atomic mass is 9.81. The summed E-state index contributed by atoms with van der Waals surface area (Å²) in [5, 5.41) is 10.7. The normalized spacial score (nSPS) is 18.4. The van der Waals surface area contributed by atoms with Crippen LogP contribution >= 0.6 is 11.3 Å². The Kier molecular flexibility index (Phi) is 6.28. The van der Waals surface area contributed by atoms with Crippen LogP contribution in [-0.2, 0) is 16.2 Å². The molecule has 12 heteroatoms. The number of rotatable bonds is 5. The SMILES string of the molecule is O=S(=O)(Nc1nncs1)c1ccc2c(c1)OCCC2c1ccc(C(F)(F)F)cc1C1=CCNCC1. The minimum atomic E-state index is -4.45. The molecule has 0 bridgehead atoms. The van der Waals surface area contributed by atoms with Crippen molar-refractivity contribution < 1.29 is 26.3 Å². The minimum Gasteiger partial charge on any atom is -0.493 e. The first-order chi connectivity index (χ1) is 16.7. The fourth-order valence-corrected chi connectivity index (χ4v) is 6.14. The zero-order valence-corrected chi connectivity index (χ0v) is 19.9. The molecule has 3 heterocycles. The Balaban J connectivity index is 1.54. The van der Waals surface area contributed by atoms with Crippen LogP contribution in [0.25, 0.3) is 5.57 Å². The standard InChI is InChI=1S/C23H21F3N4O3S2/c24-23(25,26)15-1-3-17(20(11-15)14-5-8-27-9-6-14)18-7-10-33-21-12-16(2-4-19(18)21)35(31,32)30-22-29-28-13-34-22/h1-5,11-13,18,27H,6-10H2,(H,29,30). The van der Waals surface area contributed by atoms with Crippen molar-refractivity contribution in [2.24, 2.45) is 0 Å². The minimum absolute atomic E-state index is 0.000746. The topological polar surface area (TPSA) is 93.2 Å². The van der Waals surface area contributed by atoms with E-state index < -0.39 is 21.8 Å². The molecule has 1 aromatic heterocycles. The van der Waals surface area contributed by atoms with Crippen LogP contribution in [0.15, 0.2) is 52.9 Å². The van der Waals surface area contributed by atoms with E-state index in [-0.39, 0.29) is 15.9 Å². The third-order valence-electron chi connectivity index (χ3n) is 6.08. The predicted molar refractivity (Wildman–Crippen MR) is 126 cm³/mol. The number of benzene rings is 2. The third-order valence-corrected chi connectivity index (χ3v) is 8.15. The van der Waals surface area contributed by atoms with Gasteiger partial charge in [-0.1, -0.05) is 29.5 Å². The van der Waals surface area contributed by atoms with Crippen LogP contribution in [0.4, 0.5) is 18.3 Å². The van der Waals surface area contributed by atoms with Gasteiger partial charge in [0.2, 0.25) is 5.13 Å². The summed E-state index contributed by atoms with van der Waals surface area (Å²) in [6, 6.07) is 8.47. The van der Waals surface area contributed by atoms with Crippen molar-refractivity contribution in [3.8, 4) is 5.75 Å². The largest absolute Gasteiger partial charge is 0.493 e. The van der Waals surface area contributed by atoms with E-state index in [1.54, 1.807) is 12.1 Å². The number of hydrogen-bond donors (Lipinski definition) is 2. The number of aromatic nitrogens is 2. The van der Waals surface area contributed by atoms with E-state index in [2.05, 4.69) is 20.2 Å². The number of alkyl halides is 3. The molecule has 2 aliphatic rings. The monoisotopic (exact) mass is 522 g/mol. The Morgan fingerprint density at radius 3 is 2.69 bits per heavy atom. The lowest BCUT2D eigenvalue weighted by molar-refractivity contribution is -0.137. The fraction of sp³-hybridized carbons (Fsp3) is 0.304. The van der Waals surface area contributed by atoms with E-state index >= 15 is 0 Å². The van der Waals surface area contributed by atoms with E-state index in [1.807, 2.05) is 6.08 Å². The van der Waals surface area contributed by atoms with Gasteiger partial charge in [-0.15, -0.1) is 10.2 Å². The Hall–Kier alpha value is -2.96. The van der Waals surface area contributed by atoms with Crippen LogP contribution in [0.5, 0.6) is 5.75 Å². The molecule has 0 fully saturated rings. The summed E-state index contributed by atoms with van der Waals surface area (Å²) in [5.41, 5.74) is 3.69. The maximum atomic E-state index is 13.5. The van der Waals surface area contributed by atoms with Crippen LogP contribution in [0.1, 0.15) is 41.0 Å². The van der Waals surface area contributed by atoms with E-state index in [0.717, 1.165) is 34.1 Å². The quantitative estimate of drug-likeness (QED) is 0.507. The average molecular weight is 523 g/mol. The molecular formula is C23H21F3N4O3S2. The highest BCUT2D eigenvalue weighted by Gasteiger charge is 2.33. The number of hydrogen-bond acceptors (Lipinski definition) is 7. The van der Waals surface area contributed by atoms with Crippen LogP contribution in [0, 0.1) is 0 Å². The summed E-state index contributed by atoms with van der Waals surface area (Å²) >= 11 is 1.06. The van der Waals surface area contributed by atoms with Crippen LogP contribution in [-0.4, -0.2) is 38.3 Å². The smallest absolute Gasteiger partial charge is 0.416 e. The Labute approximate surface area is 204 Å². The van der Waals surface area contributed by atoms with E-state index in [1.165, 1.54) is 23.7 Å². The van der Waals surface area contributed by atoms with Gasteiger partial charge >= 0.3 is 6.18 Å². The molecule has 3 aromatic rings. The van der Waals surface area contributed by atoms with Crippen molar-refractivity contribution in [3.05, 3.63) is 70.2 Å². The fourth-order valence-electron chi connectivity index (χ4n) is 4.43. The maximum absolute atomic E-state index is 13.5. The van der Waals surface area contributed by atoms with Gasteiger partial charge in [0, 0.05) is 24.1 Å². The van der Waals surface area contributed by atoms with Crippen molar-refractivity contribution in [2.75, 3.05) is 24.4 Å². The van der Waals surface area contributed by atoms with Gasteiger partial charge in [-0.3, -0.25) is 4.72 Å². The van der Waals surface area contributed by atoms with Gasteiger partial charge in [0.25, 0.3) is 10.0 Å². The molecule has 2 N–H and O–H groups in total. The summed E-state index contributed by atoms with van der Waals surface area (Å²) in [6.45, 7) is 1.60. The van der Waals surface area contributed by atoms with Crippen LogP contribution < -0.4 is 14.8 Å². The van der Waals surface area contributed by atoms with Crippen molar-refractivity contribution in [3.63, 3.8) is 0 Å². The number of ether oxygens (including phenoxy) is 1. The molecule has 0 saturated carbocycles. The Morgan fingerprint density at radius 2 is 1.97 bits per heavy atom. The Morgan fingerprint density at radius 1 is 1.14 bits per heavy atom. The van der Waals surface area contributed by atoms with E-state index in [9.17, 15) is 21.6 Å². The molecule has 1 unspecified atom stereocenters. The number of anilines is 1. The van der Waals surface area contributed by atoms with Crippen LogP contribution in [0.2, 0.25) is 0 Å². The molecule has 5 rings (SSSR count). The summed E-state index contributed by atoms with van der Waals surface area (Å²) in [4.78, 5) is 0.000746. The zero-order chi connectivity index (χ0) is 24.6. The molecule has 7 nitrogen and oxygen atoms in total. The highest BCUT2D eigenvalue weighted by molar-refractivity contribution is 7.93. The maximum Gasteiger partial charge on any atom is 0.416 e. The average Bonchev–Trinajstić information content (AvgIpc) is 3.35. The second-order valence-corrected chi connectivity index (χ2v) is 10.7. The zero-order valence-electron chi connectivity index (χ0n) is 18.3. The molecule has 2 aliphatic heterocycles. The van der Waals surface area contributed by atoms with E-state index in [4.69, 9.17) is 4.74 Å². The predicted octanol–water partition coefficient (Wildman–Crippen LogP) is 4.65. The molecule has 0 radical (unpaired) electrons. The summed E-state index contributed by atoms with van der Waals surface area (Å²) in [5.74, 6) is 0.159. The van der Waals surface area contributed by atoms with Crippen molar-refractivity contribution in [1.29, 1.82) is 0 Å². The van der Waals surface area contributed by atoms with Gasteiger partial charge in [-0.2, -0.15) is 13.2 Å². The number of nitrogens with one attached hydrogen (secondary N) is 2. The summed E-state index contributed by atoms with van der Waals surface area (Å²) < 4.78 is 74.3. The van der Waals surface area contributed by atoms with Gasteiger partial charge < -0.3 is 10.1 Å². The third kappa shape index (κ3) is 4.91. The number of sulfonamides is 1. The van der Waals surface area contributed by atoms with Crippen molar-refractivity contribution in [1.82, 2.24) is 15.5 Å². The second kappa shape index (κ2) is 9.25. The van der Waals surface area contributed by atoms with Gasteiger partial charge in [0.15, 0.2) is 0 Å². The first-order valence-corrected chi connectivity index (χ1v) is 13.3. The highest BCUT2D eigenvalue weighted by Crippen LogP contribution is 2.44. The Bertz CT molecular complexity index is 1370. The second-order valence-electron chi connectivity index (χ2n) is 8.22. The summed E-state index contributed by atoms with van der Waals surface area (Å²) in [6.07, 6.45) is -1.33. The first kappa shape index (κ1) is 23.8. The highest BCUT2D eigenvalue weighted by atomic mass is 32.2. The van der Waals surface area contributed by atoms with Crippen molar-refractivity contribution >= 4 is 32.1 Å². The van der Waals surface area contributed by atoms with Gasteiger partial charge in [-0.25, -0.2) is 8.42 Å². The van der Waals surface area contributed by atoms with Gasteiger partial charge in [0.1, 0.15) is 11.3 Å². The van der Waals surface area contributed by atoms with Crippen molar-refractivity contribution in [2.45, 2.75) is 29.8 Å². The molecule has 0 saturated heterocycles. The molecule has 2 aromatic carbocycles. The molecule has 0 aliphatic carbocycles. The molecule has 0 spiro atoms. The molecule has 0 amide bonds. The molecule has 1 atom stereocenters. The van der Waals surface area contributed by atoms with Gasteiger partial charge in [-0.05, 0) is 54.3 Å². The lowest BCUT2D eigenvalue weighted by Gasteiger charge is -2.30. The number of halogens is 3. The molecule has 184 valence electrons. The van der Waals surface area contributed by atoms with Gasteiger partial charge in [0.05, 0.1) is 17.1 Å². The lowest BCUT2D eigenvalue weighted by Crippen LogP contribution is -2.22. The molecule has 35 heavy (non-hydrogen) atoms. The first-order valence-electron chi connectivity index (χ1n) is 10.9. The van der Waals surface area contributed by atoms with Crippen LogP contribution in [0.3, 0.4) is 0 Å². The summed E-state index contributed by atoms with van der Waals surface area (Å²) in [7, 11) is -3.91. The number of nitrogens with zero attached hydrogens (tertiary/aromatic N) is 2. The molecular weight excluding hydrogens is 501 g/mol. The number of fused-ring (bicyclic) bond motifs is 1.